The number of aromatic nitrogens is 3. The molecule has 0 aromatic carbocycles. The third kappa shape index (κ3) is 8.65. The van der Waals surface area contributed by atoms with Crippen LogP contribution in [0, 0.1) is 0 Å². The second-order valence-electron chi connectivity index (χ2n) is 9.90. The van der Waals surface area contributed by atoms with Gasteiger partial charge in [-0.25, -0.2) is 14.6 Å². The van der Waals surface area contributed by atoms with Crippen LogP contribution in [0.15, 0.2) is 35.4 Å². The second kappa shape index (κ2) is 16.2. The molecule has 3 rings (SSSR count). The highest BCUT2D eigenvalue weighted by Gasteiger charge is 2.43. The van der Waals surface area contributed by atoms with Crippen molar-refractivity contribution in [3.05, 3.63) is 52.3 Å². The van der Waals surface area contributed by atoms with Crippen molar-refractivity contribution in [1.29, 1.82) is 0 Å². The molecule has 1 saturated heterocycles. The van der Waals surface area contributed by atoms with E-state index in [1.165, 1.54) is 75.5 Å². The number of pyridine rings is 1. The maximum atomic E-state index is 12.9. The Bertz CT molecular complexity index is 1160. The zero-order valence-corrected chi connectivity index (χ0v) is 22.9. The van der Waals surface area contributed by atoms with Gasteiger partial charge in [0.25, 0.3) is 5.91 Å². The summed E-state index contributed by atoms with van der Waals surface area (Å²) in [5.74, 6) is -1.53. The molecule has 0 radical (unpaired) electrons. The van der Waals surface area contributed by atoms with Crippen LogP contribution in [-0.2, 0) is 9.47 Å². The summed E-state index contributed by atoms with van der Waals surface area (Å²) in [4.78, 5) is 45.8. The SMILES string of the molecule is CCCCCCCCCCCCOC(=O)c1ncccc1C(=O)Nc1ccn([C@@H]2O[C@H](CO)[C@@H](O)[C@@H]2O)c(=O)n1. The molecule has 2 aromatic heterocycles. The van der Waals surface area contributed by atoms with Crippen molar-refractivity contribution in [3.8, 4) is 0 Å². The fourth-order valence-electron chi connectivity index (χ4n) is 4.54. The summed E-state index contributed by atoms with van der Waals surface area (Å²) >= 11 is 0. The van der Waals surface area contributed by atoms with Gasteiger partial charge in [0.2, 0.25) is 0 Å². The summed E-state index contributed by atoms with van der Waals surface area (Å²) < 4.78 is 11.6. The van der Waals surface area contributed by atoms with E-state index in [1.807, 2.05) is 0 Å². The number of nitrogens with zero attached hydrogens (tertiary/aromatic N) is 3. The predicted molar refractivity (Wildman–Crippen MR) is 146 cm³/mol. The molecule has 40 heavy (non-hydrogen) atoms. The number of hydrogen-bond donors (Lipinski definition) is 4. The first-order valence-corrected chi connectivity index (χ1v) is 14.0. The lowest BCUT2D eigenvalue weighted by Gasteiger charge is -2.17. The molecule has 1 aliphatic rings. The van der Waals surface area contributed by atoms with Gasteiger partial charge < -0.3 is 30.1 Å². The summed E-state index contributed by atoms with van der Waals surface area (Å²) in [6.07, 6.45) is 9.05. The van der Waals surface area contributed by atoms with E-state index >= 15 is 0 Å². The molecule has 12 nitrogen and oxygen atoms in total. The maximum Gasteiger partial charge on any atom is 0.357 e. The van der Waals surface area contributed by atoms with Crippen LogP contribution in [0.3, 0.4) is 0 Å². The van der Waals surface area contributed by atoms with Crippen LogP contribution < -0.4 is 11.0 Å². The smallest absolute Gasteiger partial charge is 0.357 e. The summed E-state index contributed by atoms with van der Waals surface area (Å²) in [7, 11) is 0. The number of carbonyl (C=O) groups is 2. The largest absolute Gasteiger partial charge is 0.461 e. The van der Waals surface area contributed by atoms with Gasteiger partial charge in [-0.2, -0.15) is 4.98 Å². The number of unbranched alkanes of at least 4 members (excludes halogenated alkanes) is 9. The topological polar surface area (TPSA) is 173 Å². The Kier molecular flexibility index (Phi) is 12.7. The van der Waals surface area contributed by atoms with Crippen molar-refractivity contribution in [2.75, 3.05) is 18.5 Å². The van der Waals surface area contributed by atoms with Crippen LogP contribution in [0.5, 0.6) is 0 Å². The Labute approximate surface area is 233 Å². The number of esters is 1. The highest BCUT2D eigenvalue weighted by molar-refractivity contribution is 6.09. The lowest BCUT2D eigenvalue weighted by molar-refractivity contribution is -0.0549. The van der Waals surface area contributed by atoms with Gasteiger partial charge in [-0.05, 0) is 24.6 Å². The maximum absolute atomic E-state index is 12.9. The van der Waals surface area contributed by atoms with E-state index in [9.17, 15) is 29.7 Å². The molecule has 4 N–H and O–H groups in total. The summed E-state index contributed by atoms with van der Waals surface area (Å²) in [6, 6.07) is 4.22. The van der Waals surface area contributed by atoms with Gasteiger partial charge in [0, 0.05) is 12.4 Å². The fourth-order valence-corrected chi connectivity index (χ4v) is 4.54. The minimum absolute atomic E-state index is 0.0370. The van der Waals surface area contributed by atoms with Crippen molar-refractivity contribution in [2.45, 2.75) is 95.7 Å². The predicted octanol–water partition coefficient (Wildman–Crippen LogP) is 2.58. The van der Waals surface area contributed by atoms with Crippen molar-refractivity contribution in [2.24, 2.45) is 0 Å². The number of aliphatic hydroxyl groups excluding tert-OH is 3. The zero-order valence-electron chi connectivity index (χ0n) is 22.9. The van der Waals surface area contributed by atoms with Crippen LogP contribution in [0.1, 0.15) is 98.2 Å². The molecular weight excluding hydrogens is 520 g/mol. The Balaban J connectivity index is 1.49. The molecule has 0 saturated carbocycles. The molecule has 0 unspecified atom stereocenters. The molecule has 220 valence electrons. The lowest BCUT2D eigenvalue weighted by atomic mass is 10.1. The molecule has 1 aliphatic heterocycles. The van der Waals surface area contributed by atoms with E-state index < -0.39 is 48.7 Å². The number of anilines is 1. The first-order valence-electron chi connectivity index (χ1n) is 14.0. The number of aliphatic hydroxyl groups is 3. The third-order valence-electron chi connectivity index (χ3n) is 6.84. The number of hydrogen-bond acceptors (Lipinski definition) is 10. The van der Waals surface area contributed by atoms with E-state index in [-0.39, 0.29) is 23.7 Å². The van der Waals surface area contributed by atoms with Crippen LogP contribution in [-0.4, -0.2) is 73.3 Å². The van der Waals surface area contributed by atoms with Crippen molar-refractivity contribution < 1.29 is 34.4 Å². The molecule has 3 heterocycles. The van der Waals surface area contributed by atoms with E-state index in [4.69, 9.17) is 9.47 Å². The van der Waals surface area contributed by atoms with Crippen LogP contribution in [0.4, 0.5) is 5.82 Å². The molecule has 2 aromatic rings. The van der Waals surface area contributed by atoms with E-state index in [1.54, 1.807) is 0 Å². The monoisotopic (exact) mass is 560 g/mol. The molecule has 0 bridgehead atoms. The lowest BCUT2D eigenvalue weighted by Crippen LogP contribution is -2.36. The van der Waals surface area contributed by atoms with E-state index in [0.29, 0.717) is 0 Å². The summed E-state index contributed by atoms with van der Waals surface area (Å²) in [5, 5.41) is 31.8. The Hall–Kier alpha value is -3.19. The molecule has 12 heteroatoms. The first-order chi connectivity index (χ1) is 19.4. The number of carbonyl (C=O) groups excluding carboxylic acids is 2. The minimum atomic E-state index is -1.46. The highest BCUT2D eigenvalue weighted by atomic mass is 16.6. The van der Waals surface area contributed by atoms with Crippen LogP contribution in [0.2, 0.25) is 0 Å². The molecule has 0 aliphatic carbocycles. The molecule has 1 fully saturated rings. The molecule has 1 amide bonds. The fraction of sp³-hybridized carbons (Fsp3) is 0.607. The van der Waals surface area contributed by atoms with Gasteiger partial charge in [0.1, 0.15) is 24.1 Å². The van der Waals surface area contributed by atoms with Crippen molar-refractivity contribution in [3.63, 3.8) is 0 Å². The number of amides is 1. The standard InChI is InChI=1S/C28H40N4O8/c1-2-3-4-5-6-7-8-9-10-11-17-39-27(37)22-19(13-12-15-29-22)25(36)30-21-14-16-32(28(38)31-21)26-24(35)23(34)20(18-33)40-26/h12-16,20,23-24,26,33-35H,2-11,17-18H2,1H3,(H,30,31,36,38)/t20-,23-,24+,26-/m1/s1. The number of nitrogens with one attached hydrogen (secondary N) is 1. The Morgan fingerprint density at radius 2 is 1.70 bits per heavy atom. The Morgan fingerprint density at radius 3 is 2.33 bits per heavy atom. The molecule has 0 spiro atoms. The van der Waals surface area contributed by atoms with Crippen molar-refractivity contribution in [1.82, 2.24) is 14.5 Å². The normalized spacial score (nSPS) is 20.4. The van der Waals surface area contributed by atoms with Gasteiger partial charge >= 0.3 is 11.7 Å². The zero-order chi connectivity index (χ0) is 28.9. The minimum Gasteiger partial charge on any atom is -0.461 e. The van der Waals surface area contributed by atoms with E-state index in [0.717, 1.165) is 23.8 Å². The van der Waals surface area contributed by atoms with Gasteiger partial charge in [-0.15, -0.1) is 0 Å². The average molecular weight is 561 g/mol. The second-order valence-corrected chi connectivity index (χ2v) is 9.90. The molecule has 4 atom stereocenters. The number of rotatable bonds is 16. The molecular formula is C28H40N4O8. The van der Waals surface area contributed by atoms with Gasteiger partial charge in [-0.3, -0.25) is 9.36 Å². The average Bonchev–Trinajstić information content (AvgIpc) is 3.24. The summed E-state index contributed by atoms with van der Waals surface area (Å²) in [6.45, 7) is 1.90. The number of ether oxygens (including phenoxy) is 2. The quantitative estimate of drug-likeness (QED) is 0.176. The summed E-state index contributed by atoms with van der Waals surface area (Å²) in [5.41, 5.74) is -1.05. The van der Waals surface area contributed by atoms with Crippen LogP contribution in [0.25, 0.3) is 0 Å². The Morgan fingerprint density at radius 1 is 1.02 bits per heavy atom. The van der Waals surface area contributed by atoms with Gasteiger partial charge in [0.05, 0.1) is 18.8 Å². The highest BCUT2D eigenvalue weighted by Crippen LogP contribution is 2.28. The van der Waals surface area contributed by atoms with Gasteiger partial charge in [-0.1, -0.05) is 64.7 Å². The first kappa shape index (κ1) is 31.3. The van der Waals surface area contributed by atoms with Crippen LogP contribution >= 0.6 is 0 Å². The van der Waals surface area contributed by atoms with E-state index in [2.05, 4.69) is 22.2 Å². The third-order valence-corrected chi connectivity index (χ3v) is 6.84. The van der Waals surface area contributed by atoms with Crippen molar-refractivity contribution >= 4 is 17.7 Å². The van der Waals surface area contributed by atoms with Gasteiger partial charge in [0.15, 0.2) is 11.9 Å².